The number of hydrogen-bond donors (Lipinski definition) is 0. The summed E-state index contributed by atoms with van der Waals surface area (Å²) in [5.41, 5.74) is -0.966. The lowest BCUT2D eigenvalue weighted by atomic mass is 9.87. The monoisotopic (exact) mass is 347 g/mol. The number of likely N-dealkylation sites (N-methyl/N-ethyl adjacent to an activating group) is 1. The van der Waals surface area contributed by atoms with Gasteiger partial charge in [-0.25, -0.2) is 8.78 Å². The lowest BCUT2D eigenvalue weighted by molar-refractivity contribution is -0.118. The Balaban J connectivity index is 2.03. The first-order chi connectivity index (χ1) is 11.3. The first-order valence-electron chi connectivity index (χ1n) is 8.14. The van der Waals surface area contributed by atoms with Gasteiger partial charge in [-0.15, -0.1) is 0 Å². The predicted molar refractivity (Wildman–Crippen MR) is 81.0 cm³/mol. The molecule has 0 aromatic heterocycles. The van der Waals surface area contributed by atoms with Gasteiger partial charge in [0.25, 0.3) is 5.92 Å². The number of carbonyl (C=O) groups excluding carboxylic acids is 1. The number of halogens is 4. The standard InChI is InChI=1S/C16H21F4N3O/c1-21-6-8-23(9-7-21)15-13(18)14-11(10-16(15,19)20)12(24)2-4-22(14)5-3-17/h2-10H2,1H3. The Morgan fingerprint density at radius 2 is 1.79 bits per heavy atom. The summed E-state index contributed by atoms with van der Waals surface area (Å²) in [5, 5.41) is 0. The van der Waals surface area contributed by atoms with Crippen LogP contribution in [-0.2, 0) is 4.79 Å². The van der Waals surface area contributed by atoms with E-state index in [0.717, 1.165) is 0 Å². The van der Waals surface area contributed by atoms with E-state index in [1.807, 2.05) is 11.9 Å². The molecule has 0 bridgehead atoms. The van der Waals surface area contributed by atoms with E-state index in [4.69, 9.17) is 0 Å². The SMILES string of the molecule is CN1CCN(C2=C(F)C3=C(CC2(F)F)C(=O)CCN3CCF)CC1. The number of rotatable bonds is 3. The number of piperazine rings is 1. The molecule has 1 saturated heterocycles. The van der Waals surface area contributed by atoms with Crippen molar-refractivity contribution in [1.82, 2.24) is 14.7 Å². The molecule has 2 heterocycles. The normalized spacial score (nSPS) is 25.5. The Hall–Kier alpha value is -1.57. The molecule has 0 amide bonds. The zero-order valence-electron chi connectivity index (χ0n) is 13.6. The summed E-state index contributed by atoms with van der Waals surface area (Å²) in [5.74, 6) is -4.95. The largest absolute Gasteiger partial charge is 0.366 e. The fourth-order valence-corrected chi connectivity index (χ4v) is 3.58. The third kappa shape index (κ3) is 2.92. The van der Waals surface area contributed by atoms with Crippen LogP contribution < -0.4 is 0 Å². The summed E-state index contributed by atoms with van der Waals surface area (Å²) < 4.78 is 57.1. The summed E-state index contributed by atoms with van der Waals surface area (Å²) in [6, 6.07) is 0. The lowest BCUT2D eigenvalue weighted by Gasteiger charge is -2.43. The number of nitrogens with zero attached hydrogens (tertiary/aromatic N) is 3. The van der Waals surface area contributed by atoms with Gasteiger partial charge in [0.2, 0.25) is 0 Å². The highest BCUT2D eigenvalue weighted by Crippen LogP contribution is 2.46. The van der Waals surface area contributed by atoms with Gasteiger partial charge in [-0.05, 0) is 7.05 Å². The Bertz CT molecular complexity index is 594. The van der Waals surface area contributed by atoms with Gasteiger partial charge in [0.1, 0.15) is 12.4 Å². The van der Waals surface area contributed by atoms with E-state index >= 15 is 4.39 Å². The third-order valence-corrected chi connectivity index (χ3v) is 4.88. The van der Waals surface area contributed by atoms with Crippen molar-refractivity contribution in [2.45, 2.75) is 18.8 Å². The number of Topliss-reactive ketones (excluding diaryl/α,β-unsaturated/α-hetero) is 1. The summed E-state index contributed by atoms with van der Waals surface area (Å²) in [6.45, 7) is 1.07. The van der Waals surface area contributed by atoms with Gasteiger partial charge in [-0.2, -0.15) is 8.78 Å². The summed E-state index contributed by atoms with van der Waals surface area (Å²) in [4.78, 5) is 16.8. The summed E-state index contributed by atoms with van der Waals surface area (Å²) in [6.07, 6.45) is -0.787. The third-order valence-electron chi connectivity index (χ3n) is 4.88. The maximum Gasteiger partial charge on any atom is 0.294 e. The van der Waals surface area contributed by atoms with Crippen LogP contribution in [0.1, 0.15) is 12.8 Å². The lowest BCUT2D eigenvalue weighted by Crippen LogP contribution is -2.50. The minimum atomic E-state index is -3.42. The van der Waals surface area contributed by atoms with Crippen LogP contribution >= 0.6 is 0 Å². The van der Waals surface area contributed by atoms with E-state index in [1.54, 1.807) is 0 Å². The molecule has 3 aliphatic rings. The summed E-state index contributed by atoms with van der Waals surface area (Å²) in [7, 11) is 1.88. The van der Waals surface area contributed by atoms with E-state index in [0.29, 0.717) is 26.2 Å². The van der Waals surface area contributed by atoms with Gasteiger partial charge in [0.15, 0.2) is 11.6 Å². The van der Waals surface area contributed by atoms with Crippen molar-refractivity contribution in [1.29, 1.82) is 0 Å². The van der Waals surface area contributed by atoms with Crippen LogP contribution in [0.4, 0.5) is 17.6 Å². The highest BCUT2D eigenvalue weighted by atomic mass is 19.3. The van der Waals surface area contributed by atoms with Crippen molar-refractivity contribution in [3.05, 3.63) is 22.8 Å². The molecule has 2 aliphatic heterocycles. The fourth-order valence-electron chi connectivity index (χ4n) is 3.58. The highest BCUT2D eigenvalue weighted by molar-refractivity contribution is 5.98. The molecule has 0 radical (unpaired) electrons. The van der Waals surface area contributed by atoms with Gasteiger partial charge in [0, 0.05) is 57.7 Å². The second-order valence-corrected chi connectivity index (χ2v) is 6.51. The molecule has 0 atom stereocenters. The quantitative estimate of drug-likeness (QED) is 0.729. The molecule has 3 rings (SSSR count). The Morgan fingerprint density at radius 1 is 1.12 bits per heavy atom. The molecular formula is C16H21F4N3O. The number of carbonyl (C=O) groups is 1. The van der Waals surface area contributed by atoms with E-state index in [9.17, 15) is 18.0 Å². The average Bonchev–Trinajstić information content (AvgIpc) is 2.51. The maximum absolute atomic E-state index is 15.1. The molecule has 134 valence electrons. The van der Waals surface area contributed by atoms with Crippen LogP contribution in [0.2, 0.25) is 0 Å². The Kier molecular flexibility index (Phi) is 4.59. The molecule has 0 aromatic rings. The molecule has 0 aromatic carbocycles. The molecule has 0 saturated carbocycles. The van der Waals surface area contributed by atoms with Crippen molar-refractivity contribution in [2.24, 2.45) is 0 Å². The van der Waals surface area contributed by atoms with Gasteiger partial charge in [-0.1, -0.05) is 0 Å². The zero-order valence-corrected chi connectivity index (χ0v) is 13.6. The number of allylic oxidation sites excluding steroid dienone is 3. The first kappa shape index (κ1) is 17.3. The van der Waals surface area contributed by atoms with Crippen molar-refractivity contribution < 1.29 is 22.4 Å². The van der Waals surface area contributed by atoms with Gasteiger partial charge in [0.05, 0.1) is 5.70 Å². The smallest absolute Gasteiger partial charge is 0.294 e. The minimum absolute atomic E-state index is 0.0199. The second-order valence-electron chi connectivity index (χ2n) is 6.51. The van der Waals surface area contributed by atoms with Gasteiger partial charge >= 0.3 is 0 Å². The van der Waals surface area contributed by atoms with Crippen molar-refractivity contribution in [2.75, 3.05) is 53.0 Å². The minimum Gasteiger partial charge on any atom is -0.366 e. The highest BCUT2D eigenvalue weighted by Gasteiger charge is 2.49. The molecule has 0 unspecified atom stereocenters. The molecule has 4 nitrogen and oxygen atoms in total. The number of hydrogen-bond acceptors (Lipinski definition) is 4. The van der Waals surface area contributed by atoms with E-state index < -0.39 is 36.3 Å². The van der Waals surface area contributed by atoms with Crippen LogP contribution in [0.15, 0.2) is 22.8 Å². The Morgan fingerprint density at radius 3 is 2.42 bits per heavy atom. The molecule has 1 aliphatic carbocycles. The molecule has 0 spiro atoms. The molecule has 8 heteroatoms. The van der Waals surface area contributed by atoms with Crippen LogP contribution in [0.25, 0.3) is 0 Å². The molecule has 1 fully saturated rings. The van der Waals surface area contributed by atoms with E-state index in [1.165, 1.54) is 9.80 Å². The van der Waals surface area contributed by atoms with Crippen molar-refractivity contribution >= 4 is 5.78 Å². The predicted octanol–water partition coefficient (Wildman–Crippen LogP) is 1.95. The van der Waals surface area contributed by atoms with E-state index in [2.05, 4.69) is 0 Å². The fraction of sp³-hybridized carbons (Fsp3) is 0.688. The van der Waals surface area contributed by atoms with Crippen molar-refractivity contribution in [3.63, 3.8) is 0 Å². The first-order valence-corrected chi connectivity index (χ1v) is 8.14. The van der Waals surface area contributed by atoms with Gasteiger partial charge < -0.3 is 14.7 Å². The van der Waals surface area contributed by atoms with Crippen LogP contribution in [-0.4, -0.2) is 79.4 Å². The van der Waals surface area contributed by atoms with Crippen LogP contribution in [0.5, 0.6) is 0 Å². The van der Waals surface area contributed by atoms with Crippen molar-refractivity contribution in [3.8, 4) is 0 Å². The van der Waals surface area contributed by atoms with Crippen LogP contribution in [0, 0.1) is 0 Å². The second kappa shape index (κ2) is 6.38. The van der Waals surface area contributed by atoms with Crippen LogP contribution in [0.3, 0.4) is 0 Å². The maximum atomic E-state index is 15.1. The average molecular weight is 347 g/mol. The topological polar surface area (TPSA) is 26.8 Å². The van der Waals surface area contributed by atoms with Gasteiger partial charge in [-0.3, -0.25) is 4.79 Å². The number of alkyl halides is 3. The molecule has 24 heavy (non-hydrogen) atoms. The number of ketones is 1. The zero-order chi connectivity index (χ0) is 17.5. The molecule has 0 N–H and O–H groups in total. The molecular weight excluding hydrogens is 326 g/mol. The Labute approximate surface area is 138 Å². The summed E-state index contributed by atoms with van der Waals surface area (Å²) >= 11 is 0. The van der Waals surface area contributed by atoms with E-state index in [-0.39, 0.29) is 30.8 Å².